The van der Waals surface area contributed by atoms with Crippen molar-refractivity contribution in [3.63, 3.8) is 0 Å². The van der Waals surface area contributed by atoms with Crippen LogP contribution in [0, 0.1) is 0 Å². The molecule has 0 unspecified atom stereocenters. The average Bonchev–Trinajstić information content (AvgIpc) is 3.78. The van der Waals surface area contributed by atoms with E-state index in [2.05, 4.69) is 4.98 Å². The highest BCUT2D eigenvalue weighted by Gasteiger charge is 2.60. The van der Waals surface area contributed by atoms with E-state index in [4.69, 9.17) is 61.0 Å². The summed E-state index contributed by atoms with van der Waals surface area (Å²) in [6.07, 6.45) is -6.16. The lowest BCUT2D eigenvalue weighted by molar-refractivity contribution is -0.320. The minimum Gasteiger partial charge on any atom is -0.354 e. The summed E-state index contributed by atoms with van der Waals surface area (Å²) < 4.78 is 107. The Bertz CT molecular complexity index is 1320. The quantitative estimate of drug-likeness (QED) is 0.255. The number of nitrogens with zero attached hydrogens (tertiary/aromatic N) is 2. The molecule has 276 valence electrons. The fraction of sp³-hybridized carbons (Fsp3) is 0.900. The van der Waals surface area contributed by atoms with Crippen LogP contribution in [-0.2, 0) is 71.3 Å². The standard InChI is InChI=1S/C30H50N2O15S/c1-27(2,37-11)38-14-17-20-22(45-29(5,6)43-20)24(47-48(33,34)32-13-12-31-16-32)26(40-17)41-19(18-15-39-28(3,4)42-18)21-23(25(35-9)36-10)46-30(7,8)44-21/h12-13,16-26H,14-15H2,1-11H3/t17-,18-,19-,20+,21+,22+,23-,24+,26+/m1/s1. The maximum atomic E-state index is 13.6. The number of hydrogen-bond acceptors (Lipinski definition) is 16. The molecule has 1 aromatic rings. The molecular formula is C30H50N2O15S. The number of aromatic nitrogens is 2. The molecule has 17 nitrogen and oxygen atoms in total. The fourth-order valence-corrected chi connectivity index (χ4v) is 7.10. The first-order chi connectivity index (χ1) is 22.3. The maximum absolute atomic E-state index is 13.6. The average molecular weight is 711 g/mol. The second-order valence-corrected chi connectivity index (χ2v) is 15.3. The summed E-state index contributed by atoms with van der Waals surface area (Å²) in [7, 11) is 0.00950. The van der Waals surface area contributed by atoms with Crippen LogP contribution in [0.5, 0.6) is 0 Å². The van der Waals surface area contributed by atoms with E-state index in [1.807, 2.05) is 0 Å². The lowest BCUT2D eigenvalue weighted by atomic mass is 9.98. The number of hydrogen-bond donors (Lipinski definition) is 0. The molecule has 0 aromatic carbocycles. The fourth-order valence-electron chi connectivity index (χ4n) is 6.15. The minimum atomic E-state index is -4.47. The van der Waals surface area contributed by atoms with E-state index in [0.717, 1.165) is 10.3 Å². The molecule has 5 rings (SSSR count). The lowest BCUT2D eigenvalue weighted by Gasteiger charge is -2.44. The van der Waals surface area contributed by atoms with E-state index in [9.17, 15) is 8.42 Å². The monoisotopic (exact) mass is 710 g/mol. The van der Waals surface area contributed by atoms with Crippen molar-refractivity contribution < 1.29 is 69.4 Å². The van der Waals surface area contributed by atoms with Gasteiger partial charge in [0.2, 0.25) is 0 Å². The van der Waals surface area contributed by atoms with E-state index < -0.39 is 94.9 Å². The highest BCUT2D eigenvalue weighted by atomic mass is 32.2. The Balaban J connectivity index is 1.55. The molecule has 5 heterocycles. The van der Waals surface area contributed by atoms with Crippen molar-refractivity contribution in [1.82, 2.24) is 8.96 Å². The maximum Gasteiger partial charge on any atom is 0.367 e. The van der Waals surface area contributed by atoms with Crippen molar-refractivity contribution in [2.75, 3.05) is 34.5 Å². The smallest absolute Gasteiger partial charge is 0.354 e. The molecule has 4 aliphatic heterocycles. The van der Waals surface area contributed by atoms with Gasteiger partial charge in [-0.1, -0.05) is 0 Å². The molecule has 0 N–H and O–H groups in total. The van der Waals surface area contributed by atoms with Gasteiger partial charge in [-0.05, 0) is 55.4 Å². The van der Waals surface area contributed by atoms with Crippen LogP contribution in [0.25, 0.3) is 0 Å². The van der Waals surface area contributed by atoms with Crippen LogP contribution in [-0.4, -0.2) is 136 Å². The Labute approximate surface area is 281 Å². The topological polar surface area (TPSA) is 172 Å². The van der Waals surface area contributed by atoms with Gasteiger partial charge in [-0.25, -0.2) is 13.1 Å². The predicted molar refractivity (Wildman–Crippen MR) is 162 cm³/mol. The Morgan fingerprint density at radius 2 is 1.56 bits per heavy atom. The third kappa shape index (κ3) is 8.39. The number of methoxy groups -OCH3 is 3. The van der Waals surface area contributed by atoms with Gasteiger partial charge < -0.3 is 56.8 Å². The van der Waals surface area contributed by atoms with E-state index in [1.165, 1.54) is 33.7 Å². The van der Waals surface area contributed by atoms with Crippen molar-refractivity contribution in [3.05, 3.63) is 18.7 Å². The second kappa shape index (κ2) is 14.0. The first-order valence-electron chi connectivity index (χ1n) is 15.8. The summed E-state index contributed by atoms with van der Waals surface area (Å²) in [4.78, 5) is 3.85. The number of imidazole rings is 1. The Morgan fingerprint density at radius 1 is 0.917 bits per heavy atom. The number of ether oxygens (including phenoxy) is 12. The molecule has 1 aromatic heterocycles. The minimum absolute atomic E-state index is 0.0306. The van der Waals surface area contributed by atoms with Gasteiger partial charge in [0.05, 0.1) is 13.2 Å². The van der Waals surface area contributed by atoms with Crippen LogP contribution in [0.2, 0.25) is 0 Å². The first-order valence-corrected chi connectivity index (χ1v) is 17.2. The molecule has 18 heteroatoms. The highest BCUT2D eigenvalue weighted by molar-refractivity contribution is 7.85. The van der Waals surface area contributed by atoms with Gasteiger partial charge in [-0.2, -0.15) is 8.42 Å². The van der Waals surface area contributed by atoms with E-state index >= 15 is 0 Å². The summed E-state index contributed by atoms with van der Waals surface area (Å²) in [5, 5.41) is 0. The molecule has 0 saturated carbocycles. The molecule has 0 bridgehead atoms. The second-order valence-electron chi connectivity index (χ2n) is 13.8. The number of fused-ring (bicyclic) bond motifs is 1. The molecule has 48 heavy (non-hydrogen) atoms. The van der Waals surface area contributed by atoms with Crippen molar-refractivity contribution >= 4 is 10.3 Å². The highest BCUT2D eigenvalue weighted by Crippen LogP contribution is 2.43. The lowest BCUT2D eigenvalue weighted by Crippen LogP contribution is -2.62. The van der Waals surface area contributed by atoms with Crippen molar-refractivity contribution in [1.29, 1.82) is 0 Å². The molecular weight excluding hydrogens is 660 g/mol. The summed E-state index contributed by atoms with van der Waals surface area (Å²) in [5.74, 6) is -4.17. The predicted octanol–water partition coefficient (Wildman–Crippen LogP) is 1.68. The van der Waals surface area contributed by atoms with Crippen LogP contribution in [0.15, 0.2) is 18.7 Å². The first kappa shape index (κ1) is 37.9. The third-order valence-corrected chi connectivity index (χ3v) is 9.59. The zero-order chi connectivity index (χ0) is 35.3. The van der Waals surface area contributed by atoms with Crippen LogP contribution in [0.3, 0.4) is 0 Å². The van der Waals surface area contributed by atoms with Gasteiger partial charge in [-0.3, -0.25) is 0 Å². The largest absolute Gasteiger partial charge is 0.367 e. The summed E-state index contributed by atoms with van der Waals surface area (Å²) in [6.45, 7) is 14.0. The van der Waals surface area contributed by atoms with Gasteiger partial charge in [-0.15, -0.1) is 0 Å². The summed E-state index contributed by atoms with van der Waals surface area (Å²) in [5.41, 5.74) is 0. The zero-order valence-electron chi connectivity index (χ0n) is 29.3. The van der Waals surface area contributed by atoms with Crippen molar-refractivity contribution in [2.45, 2.75) is 140 Å². The van der Waals surface area contributed by atoms with Crippen LogP contribution >= 0.6 is 0 Å². The van der Waals surface area contributed by atoms with Gasteiger partial charge in [0.1, 0.15) is 49.1 Å². The van der Waals surface area contributed by atoms with Crippen molar-refractivity contribution in [2.24, 2.45) is 0 Å². The normalized spacial score (nSPS) is 35.2. The molecule has 0 spiro atoms. The van der Waals surface area contributed by atoms with E-state index in [0.29, 0.717) is 0 Å². The van der Waals surface area contributed by atoms with E-state index in [-0.39, 0.29) is 13.2 Å². The molecule has 4 fully saturated rings. The Hall–Kier alpha value is -1.36. The molecule has 4 aliphatic rings. The Morgan fingerprint density at radius 3 is 2.15 bits per heavy atom. The van der Waals surface area contributed by atoms with Crippen LogP contribution in [0.4, 0.5) is 0 Å². The SMILES string of the molecule is COC(OC)[C@@H]1OC(C)(C)O[C@H]1[C@H](O[C@@H]1O[C@H](COC(C)(C)OC)[C@@H]2OC(C)(C)O[C@@H]2[C@@H]1OS(=O)(=O)n1ccnc1)[C@H]1COC(C)(C)O1. The van der Waals surface area contributed by atoms with Crippen LogP contribution < -0.4 is 0 Å². The summed E-state index contributed by atoms with van der Waals surface area (Å²) >= 11 is 0. The molecule has 4 saturated heterocycles. The van der Waals surface area contributed by atoms with Gasteiger partial charge in [0.15, 0.2) is 41.8 Å². The van der Waals surface area contributed by atoms with Gasteiger partial charge in [0, 0.05) is 33.7 Å². The molecule has 0 aliphatic carbocycles. The van der Waals surface area contributed by atoms with Crippen LogP contribution in [0.1, 0.15) is 55.4 Å². The van der Waals surface area contributed by atoms with E-state index in [1.54, 1.807) is 55.4 Å². The molecule has 9 atom stereocenters. The zero-order valence-corrected chi connectivity index (χ0v) is 30.2. The summed E-state index contributed by atoms with van der Waals surface area (Å²) in [6, 6.07) is 0. The molecule has 0 radical (unpaired) electrons. The van der Waals surface area contributed by atoms with Gasteiger partial charge in [0.25, 0.3) is 0 Å². The van der Waals surface area contributed by atoms with Crippen molar-refractivity contribution in [3.8, 4) is 0 Å². The third-order valence-electron chi connectivity index (χ3n) is 8.40. The van der Waals surface area contributed by atoms with Gasteiger partial charge >= 0.3 is 10.3 Å². The number of rotatable bonds is 14. The molecule has 0 amide bonds. The Kier molecular flexibility index (Phi) is 11.0.